The van der Waals surface area contributed by atoms with Crippen molar-refractivity contribution >= 4 is 33.2 Å². The number of rotatable bonds is 1. The minimum absolute atomic E-state index is 0.141. The summed E-state index contributed by atoms with van der Waals surface area (Å²) >= 11 is 7.42. The lowest BCUT2D eigenvalue weighted by Gasteiger charge is -2.04. The van der Waals surface area contributed by atoms with Crippen LogP contribution < -0.4 is 0 Å². The molecule has 0 unspecified atom stereocenters. The van der Waals surface area contributed by atoms with E-state index in [2.05, 4.69) is 9.97 Å². The normalized spacial score (nSPS) is 11.1. The smallest absolute Gasteiger partial charge is 0.217 e. The third kappa shape index (κ3) is 1.87. The molecule has 3 aromatic rings. The number of nitrogens with zero attached hydrogens (tertiary/aromatic N) is 2. The van der Waals surface area contributed by atoms with Crippen molar-refractivity contribution in [1.29, 1.82) is 0 Å². The van der Waals surface area contributed by atoms with Crippen molar-refractivity contribution in [2.24, 2.45) is 0 Å². The fourth-order valence-corrected chi connectivity index (χ4v) is 2.97. The molecule has 0 amide bonds. The molecule has 0 radical (unpaired) electrons. The van der Waals surface area contributed by atoms with Crippen LogP contribution in [0.2, 0.25) is 5.28 Å². The van der Waals surface area contributed by atoms with E-state index >= 15 is 0 Å². The molecule has 90 valence electrons. The number of aryl methyl sites for hydroxylation is 1. The number of thiophene rings is 1. The predicted molar refractivity (Wildman–Crippen MR) is 72.6 cm³/mol. The first-order chi connectivity index (χ1) is 8.65. The molecule has 18 heavy (non-hydrogen) atoms. The number of fused-ring (bicyclic) bond motifs is 1. The van der Waals surface area contributed by atoms with Gasteiger partial charge in [-0.25, -0.2) is 14.4 Å². The van der Waals surface area contributed by atoms with Crippen LogP contribution in [-0.4, -0.2) is 9.97 Å². The Labute approximate surface area is 112 Å². The van der Waals surface area contributed by atoms with Gasteiger partial charge < -0.3 is 0 Å². The second-order valence-corrected chi connectivity index (χ2v) is 5.47. The maximum Gasteiger partial charge on any atom is 0.224 e. The Morgan fingerprint density at radius 1 is 1.22 bits per heavy atom. The van der Waals surface area contributed by atoms with Crippen molar-refractivity contribution in [2.45, 2.75) is 6.92 Å². The van der Waals surface area contributed by atoms with E-state index in [0.717, 1.165) is 15.1 Å². The SMILES string of the molecule is Cc1cc2c(-c3ccccc3F)nc(Cl)nc2s1. The second kappa shape index (κ2) is 4.30. The maximum absolute atomic E-state index is 13.8. The summed E-state index contributed by atoms with van der Waals surface area (Å²) in [5, 5.41) is 0.981. The summed E-state index contributed by atoms with van der Waals surface area (Å²) in [5.74, 6) is -0.308. The van der Waals surface area contributed by atoms with E-state index in [1.807, 2.05) is 13.0 Å². The standard InChI is InChI=1S/C13H8ClFN2S/c1-7-6-9-11(8-4-2-3-5-10(8)15)16-13(14)17-12(9)18-7/h2-6H,1H3. The topological polar surface area (TPSA) is 25.8 Å². The van der Waals surface area contributed by atoms with E-state index in [0.29, 0.717) is 11.3 Å². The minimum Gasteiger partial charge on any atom is -0.217 e. The molecule has 0 aliphatic carbocycles. The van der Waals surface area contributed by atoms with Crippen LogP contribution in [0.25, 0.3) is 21.5 Å². The van der Waals surface area contributed by atoms with E-state index in [1.165, 1.54) is 17.4 Å². The fraction of sp³-hybridized carbons (Fsp3) is 0.0769. The molecule has 2 nitrogen and oxygen atoms in total. The largest absolute Gasteiger partial charge is 0.224 e. The van der Waals surface area contributed by atoms with Gasteiger partial charge >= 0.3 is 0 Å². The summed E-state index contributed by atoms with van der Waals surface area (Å²) < 4.78 is 13.8. The highest BCUT2D eigenvalue weighted by molar-refractivity contribution is 7.18. The van der Waals surface area contributed by atoms with E-state index in [4.69, 9.17) is 11.6 Å². The van der Waals surface area contributed by atoms with Gasteiger partial charge in [-0.05, 0) is 36.7 Å². The Hall–Kier alpha value is -1.52. The molecule has 0 atom stereocenters. The van der Waals surface area contributed by atoms with Gasteiger partial charge in [-0.3, -0.25) is 0 Å². The average molecular weight is 279 g/mol. The number of benzene rings is 1. The van der Waals surface area contributed by atoms with Gasteiger partial charge in [0.2, 0.25) is 5.28 Å². The third-order valence-corrected chi connectivity index (χ3v) is 3.73. The van der Waals surface area contributed by atoms with Gasteiger partial charge in [-0.15, -0.1) is 11.3 Å². The quantitative estimate of drug-likeness (QED) is 0.614. The van der Waals surface area contributed by atoms with Crippen LogP contribution in [0.5, 0.6) is 0 Å². The maximum atomic E-state index is 13.8. The molecule has 2 heterocycles. The van der Waals surface area contributed by atoms with Crippen molar-refractivity contribution in [3.8, 4) is 11.3 Å². The number of hydrogen-bond donors (Lipinski definition) is 0. The van der Waals surface area contributed by atoms with Gasteiger partial charge in [0.1, 0.15) is 10.6 Å². The highest BCUT2D eigenvalue weighted by Crippen LogP contribution is 2.33. The van der Waals surface area contributed by atoms with Gasteiger partial charge in [0, 0.05) is 15.8 Å². The lowest BCUT2D eigenvalue weighted by molar-refractivity contribution is 0.631. The van der Waals surface area contributed by atoms with Crippen LogP contribution in [0.15, 0.2) is 30.3 Å². The molecule has 5 heteroatoms. The minimum atomic E-state index is -0.308. The Bertz CT molecular complexity index is 739. The lowest BCUT2D eigenvalue weighted by atomic mass is 10.1. The highest BCUT2D eigenvalue weighted by Gasteiger charge is 2.14. The highest BCUT2D eigenvalue weighted by atomic mass is 35.5. The molecule has 0 aliphatic rings. The molecule has 1 aromatic carbocycles. The number of hydrogen-bond acceptors (Lipinski definition) is 3. The summed E-state index contributed by atoms with van der Waals surface area (Å²) in [6.45, 7) is 1.98. The lowest BCUT2D eigenvalue weighted by Crippen LogP contribution is -1.91. The van der Waals surface area contributed by atoms with Gasteiger partial charge in [0.05, 0.1) is 5.69 Å². The summed E-state index contributed by atoms with van der Waals surface area (Å²) in [6.07, 6.45) is 0. The van der Waals surface area contributed by atoms with E-state index in [1.54, 1.807) is 18.2 Å². The number of aromatic nitrogens is 2. The van der Waals surface area contributed by atoms with Crippen LogP contribution in [0.4, 0.5) is 4.39 Å². The molecule has 0 spiro atoms. The Balaban J connectivity index is 2.38. The first kappa shape index (κ1) is 11.6. The summed E-state index contributed by atoms with van der Waals surface area (Å²) in [7, 11) is 0. The molecular weight excluding hydrogens is 271 g/mol. The molecule has 0 saturated carbocycles. The van der Waals surface area contributed by atoms with Gasteiger partial charge in [-0.2, -0.15) is 0 Å². The Kier molecular flexibility index (Phi) is 2.76. The van der Waals surface area contributed by atoms with Crippen LogP contribution >= 0.6 is 22.9 Å². The van der Waals surface area contributed by atoms with Crippen LogP contribution in [-0.2, 0) is 0 Å². The summed E-state index contributed by atoms with van der Waals surface area (Å²) in [4.78, 5) is 10.2. The summed E-state index contributed by atoms with van der Waals surface area (Å²) in [5.41, 5.74) is 0.997. The zero-order valence-electron chi connectivity index (χ0n) is 9.45. The Morgan fingerprint density at radius 2 is 2.00 bits per heavy atom. The van der Waals surface area contributed by atoms with Crippen molar-refractivity contribution < 1.29 is 4.39 Å². The molecule has 0 saturated heterocycles. The van der Waals surface area contributed by atoms with E-state index in [9.17, 15) is 4.39 Å². The van der Waals surface area contributed by atoms with Gasteiger partial charge in [0.25, 0.3) is 0 Å². The molecule has 0 N–H and O–H groups in total. The third-order valence-electron chi connectivity index (χ3n) is 2.62. The first-order valence-corrected chi connectivity index (χ1v) is 6.53. The van der Waals surface area contributed by atoms with Crippen LogP contribution in [0.1, 0.15) is 4.88 Å². The second-order valence-electron chi connectivity index (χ2n) is 3.90. The van der Waals surface area contributed by atoms with E-state index < -0.39 is 0 Å². The van der Waals surface area contributed by atoms with Gasteiger partial charge in [0.15, 0.2) is 0 Å². The predicted octanol–water partition coefficient (Wildman–Crippen LogP) is 4.46. The van der Waals surface area contributed by atoms with Crippen molar-refractivity contribution in [2.75, 3.05) is 0 Å². The summed E-state index contributed by atoms with van der Waals surface area (Å²) in [6, 6.07) is 8.49. The van der Waals surface area contributed by atoms with Crippen molar-refractivity contribution in [3.63, 3.8) is 0 Å². The fourth-order valence-electron chi connectivity index (χ4n) is 1.87. The van der Waals surface area contributed by atoms with Crippen molar-refractivity contribution in [3.05, 3.63) is 46.3 Å². The molecule has 0 bridgehead atoms. The molecular formula is C13H8ClFN2S. The van der Waals surface area contributed by atoms with Crippen LogP contribution in [0.3, 0.4) is 0 Å². The Morgan fingerprint density at radius 3 is 2.78 bits per heavy atom. The van der Waals surface area contributed by atoms with Gasteiger partial charge in [-0.1, -0.05) is 12.1 Å². The number of halogens is 2. The zero-order chi connectivity index (χ0) is 12.7. The first-order valence-electron chi connectivity index (χ1n) is 5.34. The monoisotopic (exact) mass is 278 g/mol. The molecule has 2 aromatic heterocycles. The molecule has 3 rings (SSSR count). The molecule has 0 aliphatic heterocycles. The van der Waals surface area contributed by atoms with Crippen molar-refractivity contribution in [1.82, 2.24) is 9.97 Å². The zero-order valence-corrected chi connectivity index (χ0v) is 11.0. The molecule has 0 fully saturated rings. The van der Waals surface area contributed by atoms with E-state index in [-0.39, 0.29) is 11.1 Å². The van der Waals surface area contributed by atoms with Crippen LogP contribution in [0, 0.1) is 12.7 Å². The average Bonchev–Trinajstić information content (AvgIpc) is 2.69.